The van der Waals surface area contributed by atoms with Crippen molar-refractivity contribution in [1.82, 2.24) is 9.88 Å². The Morgan fingerprint density at radius 3 is 2.72 bits per heavy atom. The number of pyridine rings is 2. The second-order valence-electron chi connectivity index (χ2n) is 8.04. The number of piperidine rings is 1. The number of halogens is 1. The molecule has 2 aromatic heterocycles. The highest BCUT2D eigenvalue weighted by atomic mass is 35.5. The van der Waals surface area contributed by atoms with E-state index in [0.29, 0.717) is 31.1 Å². The number of likely N-dealkylation sites (tertiary alicyclic amines) is 1. The largest absolute Gasteiger partial charge is 0.619 e. The van der Waals surface area contributed by atoms with E-state index in [1.54, 1.807) is 12.1 Å². The van der Waals surface area contributed by atoms with Crippen molar-refractivity contribution < 1.29 is 14.3 Å². The molecule has 6 nitrogen and oxygen atoms in total. The van der Waals surface area contributed by atoms with Gasteiger partial charge in [0.1, 0.15) is 12.4 Å². The van der Waals surface area contributed by atoms with Gasteiger partial charge in [-0.1, -0.05) is 23.2 Å². The molecule has 0 spiro atoms. The summed E-state index contributed by atoms with van der Waals surface area (Å²) >= 11 is 6.23. The highest BCUT2D eigenvalue weighted by molar-refractivity contribution is 6.30. The number of carbonyl (C=O) groups is 1. The lowest BCUT2D eigenvalue weighted by Gasteiger charge is -2.30. The first-order valence-electron chi connectivity index (χ1n) is 10.6. The quantitative estimate of drug-likeness (QED) is 0.441. The highest BCUT2D eigenvalue weighted by Gasteiger charge is 2.27. The molecule has 0 N–H and O–H groups in total. The van der Waals surface area contributed by atoms with Crippen LogP contribution in [0.2, 0.25) is 5.02 Å². The van der Waals surface area contributed by atoms with Gasteiger partial charge in [-0.05, 0) is 42.7 Å². The van der Waals surface area contributed by atoms with E-state index in [4.69, 9.17) is 21.3 Å². The molecular formula is C25H22ClN3O3. The predicted molar refractivity (Wildman–Crippen MR) is 121 cm³/mol. The van der Waals surface area contributed by atoms with Crippen molar-refractivity contribution in [3.8, 4) is 5.75 Å². The maximum Gasteiger partial charge on any atom is 0.227 e. The number of hydrogen-bond acceptors (Lipinski definition) is 4. The van der Waals surface area contributed by atoms with Gasteiger partial charge in [-0.2, -0.15) is 4.73 Å². The fraction of sp³-hybridized carbons (Fsp3) is 0.240. The fourth-order valence-electron chi connectivity index (χ4n) is 4.37. The van der Waals surface area contributed by atoms with Crippen LogP contribution in [0.4, 0.5) is 0 Å². The topological polar surface area (TPSA) is 69.4 Å². The van der Waals surface area contributed by atoms with E-state index in [-0.39, 0.29) is 5.91 Å². The van der Waals surface area contributed by atoms with Gasteiger partial charge in [-0.25, -0.2) is 0 Å². The molecule has 1 fully saturated rings. The van der Waals surface area contributed by atoms with Gasteiger partial charge in [0.2, 0.25) is 5.91 Å². The number of fused-ring (bicyclic) bond motifs is 2. The molecule has 0 radical (unpaired) electrons. The van der Waals surface area contributed by atoms with E-state index in [1.165, 1.54) is 18.0 Å². The molecule has 0 atom stereocenters. The van der Waals surface area contributed by atoms with Crippen molar-refractivity contribution in [3.63, 3.8) is 0 Å². The van der Waals surface area contributed by atoms with Gasteiger partial charge < -0.3 is 14.8 Å². The minimum absolute atomic E-state index is 0.0765. The van der Waals surface area contributed by atoms with Crippen LogP contribution in [0.15, 0.2) is 66.6 Å². The van der Waals surface area contributed by atoms with Gasteiger partial charge >= 0.3 is 0 Å². The first kappa shape index (κ1) is 20.5. The molecule has 0 bridgehead atoms. The van der Waals surface area contributed by atoms with Gasteiger partial charge in [-0.3, -0.25) is 9.78 Å². The van der Waals surface area contributed by atoms with Gasteiger partial charge in [0, 0.05) is 53.1 Å². The molecule has 162 valence electrons. The van der Waals surface area contributed by atoms with Crippen LogP contribution in [0.25, 0.3) is 5.57 Å². The third-order valence-electron chi connectivity index (χ3n) is 6.02. The molecule has 3 aromatic rings. The maximum absolute atomic E-state index is 12.8. The molecule has 2 aliphatic rings. The van der Waals surface area contributed by atoms with E-state index in [9.17, 15) is 10.0 Å². The Balaban J connectivity index is 1.42. The van der Waals surface area contributed by atoms with Crippen molar-refractivity contribution >= 4 is 23.1 Å². The van der Waals surface area contributed by atoms with Crippen molar-refractivity contribution in [1.29, 1.82) is 0 Å². The molecule has 1 amide bonds. The summed E-state index contributed by atoms with van der Waals surface area (Å²) in [6, 6.07) is 13.1. The van der Waals surface area contributed by atoms with Crippen LogP contribution in [0.1, 0.15) is 35.2 Å². The van der Waals surface area contributed by atoms with E-state index >= 15 is 0 Å². The Bertz CT molecular complexity index is 1200. The van der Waals surface area contributed by atoms with Crippen LogP contribution in [0, 0.1) is 5.21 Å². The van der Waals surface area contributed by atoms with E-state index < -0.39 is 0 Å². The molecule has 32 heavy (non-hydrogen) atoms. The Morgan fingerprint density at radius 2 is 1.94 bits per heavy atom. The lowest BCUT2D eigenvalue weighted by Crippen LogP contribution is -2.37. The van der Waals surface area contributed by atoms with Crippen LogP contribution in [0.3, 0.4) is 0 Å². The summed E-state index contributed by atoms with van der Waals surface area (Å²) in [7, 11) is 0. The summed E-state index contributed by atoms with van der Waals surface area (Å²) in [5, 5.41) is 11.8. The summed E-state index contributed by atoms with van der Waals surface area (Å²) in [4.78, 5) is 19.4. The fourth-order valence-corrected chi connectivity index (χ4v) is 4.53. The number of benzene rings is 1. The van der Waals surface area contributed by atoms with E-state index in [1.807, 2.05) is 41.4 Å². The normalized spacial score (nSPS) is 15.5. The molecular weight excluding hydrogens is 426 g/mol. The second kappa shape index (κ2) is 8.63. The number of ether oxygens (including phenoxy) is 1. The summed E-state index contributed by atoms with van der Waals surface area (Å²) in [5.74, 6) is 0.837. The number of nitrogens with zero attached hydrogens (tertiary/aromatic N) is 3. The van der Waals surface area contributed by atoms with Gasteiger partial charge in [0.05, 0.1) is 12.1 Å². The van der Waals surface area contributed by atoms with Crippen molar-refractivity contribution in [2.24, 2.45) is 0 Å². The molecule has 1 aromatic carbocycles. The zero-order valence-corrected chi connectivity index (χ0v) is 18.2. The minimum atomic E-state index is 0.0765. The Morgan fingerprint density at radius 1 is 1.16 bits per heavy atom. The first-order chi connectivity index (χ1) is 15.6. The van der Waals surface area contributed by atoms with Crippen molar-refractivity contribution in [3.05, 3.63) is 99.2 Å². The molecule has 5 rings (SSSR count). The molecule has 0 aliphatic carbocycles. The Kier molecular flexibility index (Phi) is 5.53. The third-order valence-corrected chi connectivity index (χ3v) is 6.26. The van der Waals surface area contributed by atoms with Crippen molar-refractivity contribution in [2.45, 2.75) is 25.9 Å². The highest BCUT2D eigenvalue weighted by Crippen LogP contribution is 2.41. The summed E-state index contributed by atoms with van der Waals surface area (Å²) in [6.07, 6.45) is 6.49. The number of rotatable bonds is 2. The van der Waals surface area contributed by atoms with Crippen LogP contribution >= 0.6 is 11.6 Å². The second-order valence-corrected chi connectivity index (χ2v) is 8.48. The number of aromatic nitrogens is 2. The van der Waals surface area contributed by atoms with Gasteiger partial charge in [-0.15, -0.1) is 0 Å². The molecule has 7 heteroatoms. The van der Waals surface area contributed by atoms with Crippen LogP contribution in [-0.2, 0) is 17.8 Å². The first-order valence-corrected chi connectivity index (χ1v) is 11.0. The van der Waals surface area contributed by atoms with E-state index in [0.717, 1.165) is 51.3 Å². The lowest BCUT2D eigenvalue weighted by atomic mass is 9.89. The maximum atomic E-state index is 12.8. The lowest BCUT2D eigenvalue weighted by molar-refractivity contribution is -0.605. The molecule has 2 aliphatic heterocycles. The molecule has 0 unspecified atom stereocenters. The summed E-state index contributed by atoms with van der Waals surface area (Å²) < 4.78 is 6.79. The third kappa shape index (κ3) is 4.06. The number of hydrogen-bond donors (Lipinski definition) is 0. The number of amides is 1. The average molecular weight is 448 g/mol. The minimum Gasteiger partial charge on any atom is -0.619 e. The standard InChI is InChI=1S/C25H22ClN3O3/c26-20-3-4-21-22(15-20)32-16-19-2-1-9-27-25(19)24(21)18-7-10-28(11-8-18)23(30)14-17-5-12-29(31)13-6-17/h1-6,9,12-13,15H,7-8,10-11,14,16H2. The predicted octanol–water partition coefficient (Wildman–Crippen LogP) is 3.93. The molecule has 0 saturated carbocycles. The Hall–Kier alpha value is -3.38. The molecule has 1 saturated heterocycles. The van der Waals surface area contributed by atoms with Crippen LogP contribution in [0.5, 0.6) is 5.75 Å². The SMILES string of the molecule is O=C(Cc1cc[n+]([O-])cc1)N1CCC(=C2c3ccc(Cl)cc3OCc3cccnc32)CC1. The Labute approximate surface area is 191 Å². The molecule has 4 heterocycles. The zero-order valence-electron chi connectivity index (χ0n) is 17.5. The van der Waals surface area contributed by atoms with Crippen molar-refractivity contribution in [2.75, 3.05) is 13.1 Å². The van der Waals surface area contributed by atoms with Gasteiger partial charge in [0.25, 0.3) is 0 Å². The smallest absolute Gasteiger partial charge is 0.227 e. The van der Waals surface area contributed by atoms with Crippen LogP contribution < -0.4 is 9.47 Å². The average Bonchev–Trinajstić information content (AvgIpc) is 2.97. The number of carbonyl (C=O) groups excluding carboxylic acids is 1. The summed E-state index contributed by atoms with van der Waals surface area (Å²) in [5.41, 5.74) is 6.20. The zero-order chi connectivity index (χ0) is 22.1. The van der Waals surface area contributed by atoms with Crippen LogP contribution in [-0.4, -0.2) is 28.9 Å². The monoisotopic (exact) mass is 447 g/mol. The van der Waals surface area contributed by atoms with Gasteiger partial charge in [0.15, 0.2) is 12.4 Å². The summed E-state index contributed by atoms with van der Waals surface area (Å²) in [6.45, 7) is 1.74. The van der Waals surface area contributed by atoms with E-state index in [2.05, 4.69) is 0 Å².